The van der Waals surface area contributed by atoms with Crippen LogP contribution in [0.4, 0.5) is 4.39 Å². The number of halogens is 1. The van der Waals surface area contributed by atoms with E-state index in [9.17, 15) is 14.0 Å². The first kappa shape index (κ1) is 15.3. The van der Waals surface area contributed by atoms with Gasteiger partial charge >= 0.3 is 0 Å². The van der Waals surface area contributed by atoms with Crippen LogP contribution in [0.5, 0.6) is 5.75 Å². The number of methoxy groups -OCH3 is 1. The molecule has 5 nitrogen and oxygen atoms in total. The quantitative estimate of drug-likeness (QED) is 0.911. The summed E-state index contributed by atoms with van der Waals surface area (Å²) in [4.78, 5) is 25.4. The Kier molecular flexibility index (Phi) is 4.45. The fourth-order valence-electron chi connectivity index (χ4n) is 2.48. The molecule has 0 bridgehead atoms. The van der Waals surface area contributed by atoms with Crippen LogP contribution in [0, 0.1) is 11.7 Å². The van der Waals surface area contributed by atoms with Crippen molar-refractivity contribution in [1.29, 1.82) is 0 Å². The molecule has 0 aromatic heterocycles. The minimum atomic E-state index is -0.576. The first-order valence-electron chi connectivity index (χ1n) is 6.83. The lowest BCUT2D eigenvalue weighted by atomic mass is 9.98. The molecule has 1 aliphatic rings. The summed E-state index contributed by atoms with van der Waals surface area (Å²) in [5.41, 5.74) is 0.365. The number of ether oxygens (including phenoxy) is 1. The molecule has 1 N–H and O–H groups in total. The van der Waals surface area contributed by atoms with Crippen LogP contribution in [0.2, 0.25) is 0 Å². The van der Waals surface area contributed by atoms with Gasteiger partial charge in [0, 0.05) is 18.2 Å². The molecule has 2 rings (SSSR count). The van der Waals surface area contributed by atoms with Gasteiger partial charge in [-0.1, -0.05) is 19.9 Å². The summed E-state index contributed by atoms with van der Waals surface area (Å²) < 4.78 is 19.0. The third-order valence-electron chi connectivity index (χ3n) is 3.57. The highest BCUT2D eigenvalue weighted by molar-refractivity contribution is 5.94. The molecule has 0 aliphatic carbocycles. The second kappa shape index (κ2) is 6.11. The first-order chi connectivity index (χ1) is 9.93. The van der Waals surface area contributed by atoms with Crippen molar-refractivity contribution in [2.75, 3.05) is 13.7 Å². The van der Waals surface area contributed by atoms with Crippen LogP contribution < -0.4 is 10.1 Å². The Morgan fingerprint density at radius 3 is 2.71 bits per heavy atom. The summed E-state index contributed by atoms with van der Waals surface area (Å²) >= 11 is 0. The fraction of sp³-hybridized carbons (Fsp3) is 0.467. The third-order valence-corrected chi connectivity index (χ3v) is 3.57. The predicted octanol–water partition coefficient (Wildman–Crippen LogP) is 1.32. The number of amides is 2. The van der Waals surface area contributed by atoms with Gasteiger partial charge in [-0.2, -0.15) is 0 Å². The van der Waals surface area contributed by atoms with Crippen molar-refractivity contribution in [3.8, 4) is 5.75 Å². The average molecular weight is 294 g/mol. The molecule has 1 fully saturated rings. The molecule has 114 valence electrons. The van der Waals surface area contributed by atoms with E-state index in [0.29, 0.717) is 11.3 Å². The molecule has 1 unspecified atom stereocenters. The largest absolute Gasteiger partial charge is 0.497 e. The molecule has 6 heteroatoms. The number of nitrogens with zero attached hydrogens (tertiary/aromatic N) is 1. The van der Waals surface area contributed by atoms with E-state index in [1.807, 2.05) is 13.8 Å². The molecule has 0 spiro atoms. The number of carbonyl (C=O) groups excluding carboxylic acids is 2. The monoisotopic (exact) mass is 294 g/mol. The minimum absolute atomic E-state index is 0.0418. The minimum Gasteiger partial charge on any atom is -0.497 e. The number of rotatable bonds is 4. The van der Waals surface area contributed by atoms with Crippen molar-refractivity contribution in [2.45, 2.75) is 26.4 Å². The second-order valence-electron chi connectivity index (χ2n) is 5.39. The van der Waals surface area contributed by atoms with Gasteiger partial charge in [-0.3, -0.25) is 9.59 Å². The molecule has 2 amide bonds. The molecular formula is C15H19FN2O3. The molecule has 0 radical (unpaired) electrons. The van der Waals surface area contributed by atoms with E-state index in [4.69, 9.17) is 4.74 Å². The van der Waals surface area contributed by atoms with E-state index in [1.165, 1.54) is 18.1 Å². The van der Waals surface area contributed by atoms with E-state index in [2.05, 4.69) is 5.32 Å². The van der Waals surface area contributed by atoms with Gasteiger partial charge in [-0.15, -0.1) is 0 Å². The smallest absolute Gasteiger partial charge is 0.243 e. The summed E-state index contributed by atoms with van der Waals surface area (Å²) in [6.45, 7) is 3.76. The zero-order valence-corrected chi connectivity index (χ0v) is 12.4. The first-order valence-corrected chi connectivity index (χ1v) is 6.83. The van der Waals surface area contributed by atoms with Gasteiger partial charge in [0.25, 0.3) is 0 Å². The summed E-state index contributed by atoms with van der Waals surface area (Å²) in [7, 11) is 1.46. The molecule has 1 aliphatic heterocycles. The van der Waals surface area contributed by atoms with Crippen LogP contribution in [0.3, 0.4) is 0 Å². The van der Waals surface area contributed by atoms with Crippen LogP contribution in [-0.4, -0.2) is 36.4 Å². The molecule has 1 atom stereocenters. The van der Waals surface area contributed by atoms with Gasteiger partial charge in [0.05, 0.1) is 13.7 Å². The van der Waals surface area contributed by atoms with E-state index >= 15 is 0 Å². The normalized spacial score (nSPS) is 18.9. The lowest BCUT2D eigenvalue weighted by Crippen LogP contribution is -2.59. The SMILES string of the molecule is COc1ccc(CN2C(=O)CNC(=O)C2C(C)C)c(F)c1. The molecule has 0 saturated carbocycles. The van der Waals surface area contributed by atoms with Crippen molar-refractivity contribution < 1.29 is 18.7 Å². The Morgan fingerprint density at radius 1 is 1.43 bits per heavy atom. The van der Waals surface area contributed by atoms with Gasteiger partial charge in [-0.25, -0.2) is 4.39 Å². The van der Waals surface area contributed by atoms with E-state index in [1.54, 1.807) is 12.1 Å². The van der Waals surface area contributed by atoms with Crippen LogP contribution in [0.1, 0.15) is 19.4 Å². The van der Waals surface area contributed by atoms with Crippen LogP contribution >= 0.6 is 0 Å². The van der Waals surface area contributed by atoms with E-state index in [-0.39, 0.29) is 30.8 Å². The fourth-order valence-corrected chi connectivity index (χ4v) is 2.48. The maximum Gasteiger partial charge on any atom is 0.243 e. The number of carbonyl (C=O) groups is 2. The lowest BCUT2D eigenvalue weighted by molar-refractivity contribution is -0.148. The molecular weight excluding hydrogens is 275 g/mol. The van der Waals surface area contributed by atoms with E-state index in [0.717, 1.165) is 0 Å². The van der Waals surface area contributed by atoms with Crippen LogP contribution in [-0.2, 0) is 16.1 Å². The summed E-state index contributed by atoms with van der Waals surface area (Å²) in [6, 6.07) is 3.91. The lowest BCUT2D eigenvalue weighted by Gasteiger charge is -2.37. The standard InChI is InChI=1S/C15H19FN2O3/c1-9(2)14-15(20)17-7-13(19)18(14)8-10-4-5-11(21-3)6-12(10)16/h4-6,9,14H,7-8H2,1-3H3,(H,17,20). The molecule has 21 heavy (non-hydrogen) atoms. The Morgan fingerprint density at radius 2 is 2.14 bits per heavy atom. The average Bonchev–Trinajstić information content (AvgIpc) is 2.44. The molecule has 1 saturated heterocycles. The zero-order valence-electron chi connectivity index (χ0n) is 12.4. The van der Waals surface area contributed by atoms with Gasteiger partial charge in [0.2, 0.25) is 11.8 Å². The van der Waals surface area contributed by atoms with E-state index < -0.39 is 11.9 Å². The van der Waals surface area contributed by atoms with Crippen LogP contribution in [0.25, 0.3) is 0 Å². The summed E-state index contributed by atoms with van der Waals surface area (Å²) in [6.07, 6.45) is 0. The third kappa shape index (κ3) is 3.15. The Balaban J connectivity index is 2.26. The zero-order chi connectivity index (χ0) is 15.6. The number of piperazine rings is 1. The number of hydrogen-bond donors (Lipinski definition) is 1. The Labute approximate surface area is 123 Å². The maximum absolute atomic E-state index is 14.0. The Bertz CT molecular complexity index is 560. The number of benzene rings is 1. The molecule has 1 heterocycles. The maximum atomic E-state index is 14.0. The highest BCUT2D eigenvalue weighted by Gasteiger charge is 2.36. The highest BCUT2D eigenvalue weighted by atomic mass is 19.1. The predicted molar refractivity (Wildman–Crippen MR) is 75.1 cm³/mol. The summed E-state index contributed by atoms with van der Waals surface area (Å²) in [5.74, 6) is -0.479. The summed E-state index contributed by atoms with van der Waals surface area (Å²) in [5, 5.41) is 2.57. The number of hydrogen-bond acceptors (Lipinski definition) is 3. The van der Waals surface area contributed by atoms with Crippen molar-refractivity contribution in [1.82, 2.24) is 10.2 Å². The van der Waals surface area contributed by atoms with Gasteiger partial charge < -0.3 is 15.0 Å². The van der Waals surface area contributed by atoms with Crippen molar-refractivity contribution in [3.63, 3.8) is 0 Å². The van der Waals surface area contributed by atoms with Gasteiger partial charge in [0.1, 0.15) is 17.6 Å². The topological polar surface area (TPSA) is 58.6 Å². The highest BCUT2D eigenvalue weighted by Crippen LogP contribution is 2.22. The number of nitrogens with one attached hydrogen (secondary N) is 1. The van der Waals surface area contributed by atoms with Crippen molar-refractivity contribution in [3.05, 3.63) is 29.6 Å². The van der Waals surface area contributed by atoms with Crippen molar-refractivity contribution in [2.24, 2.45) is 5.92 Å². The van der Waals surface area contributed by atoms with Gasteiger partial charge in [-0.05, 0) is 12.0 Å². The second-order valence-corrected chi connectivity index (χ2v) is 5.39. The Hall–Kier alpha value is -2.11. The van der Waals surface area contributed by atoms with Crippen LogP contribution in [0.15, 0.2) is 18.2 Å². The van der Waals surface area contributed by atoms with Crippen molar-refractivity contribution >= 4 is 11.8 Å². The van der Waals surface area contributed by atoms with Gasteiger partial charge in [0.15, 0.2) is 0 Å². The molecule has 1 aromatic carbocycles. The molecule has 1 aromatic rings.